The highest BCUT2D eigenvalue weighted by Crippen LogP contribution is 2.28. The fourth-order valence-corrected chi connectivity index (χ4v) is 3.00. The Balaban J connectivity index is 1.97. The summed E-state index contributed by atoms with van der Waals surface area (Å²) in [6.45, 7) is 1.57. The zero-order valence-corrected chi connectivity index (χ0v) is 12.8. The Kier molecular flexibility index (Phi) is 5.52. The highest BCUT2D eigenvalue weighted by Gasteiger charge is 2.23. The Morgan fingerprint density at radius 2 is 2.05 bits per heavy atom. The molecule has 1 saturated carbocycles. The van der Waals surface area contributed by atoms with E-state index in [1.165, 1.54) is 31.0 Å². The van der Waals surface area contributed by atoms with Crippen LogP contribution in [-0.2, 0) is 9.59 Å². The molecule has 0 bridgehead atoms. The third-order valence-corrected chi connectivity index (χ3v) is 4.32. The van der Waals surface area contributed by atoms with Crippen LogP contribution in [0.2, 0.25) is 0 Å². The molecule has 0 saturated heterocycles. The van der Waals surface area contributed by atoms with E-state index in [1.54, 1.807) is 6.92 Å². The maximum atomic E-state index is 13.3. The van der Waals surface area contributed by atoms with Crippen LogP contribution in [0.5, 0.6) is 0 Å². The minimum atomic E-state index is -1.14. The molecule has 0 spiro atoms. The molecule has 1 atom stereocenters. The van der Waals surface area contributed by atoms with Crippen molar-refractivity contribution in [3.63, 3.8) is 0 Å². The van der Waals surface area contributed by atoms with Gasteiger partial charge in [-0.25, -0.2) is 9.18 Å². The lowest BCUT2D eigenvalue weighted by Crippen LogP contribution is -2.33. The SMILES string of the molecule is Cc1cc(C(NC(=O)CCC2CCCC2)C(=O)O)ccc1F. The van der Waals surface area contributed by atoms with E-state index in [-0.39, 0.29) is 11.7 Å². The number of benzene rings is 1. The summed E-state index contributed by atoms with van der Waals surface area (Å²) >= 11 is 0. The molecule has 1 aromatic rings. The fraction of sp³-hybridized carbons (Fsp3) is 0.529. The summed E-state index contributed by atoms with van der Waals surface area (Å²) in [6.07, 6.45) is 5.91. The van der Waals surface area contributed by atoms with Crippen molar-refractivity contribution < 1.29 is 19.1 Å². The summed E-state index contributed by atoms with van der Waals surface area (Å²) in [5.74, 6) is -1.20. The van der Waals surface area contributed by atoms with Gasteiger partial charge in [-0.3, -0.25) is 4.79 Å². The van der Waals surface area contributed by atoms with E-state index in [9.17, 15) is 19.1 Å². The zero-order valence-electron chi connectivity index (χ0n) is 12.8. The van der Waals surface area contributed by atoms with Crippen LogP contribution < -0.4 is 5.32 Å². The van der Waals surface area contributed by atoms with Crippen LogP contribution in [-0.4, -0.2) is 17.0 Å². The summed E-state index contributed by atoms with van der Waals surface area (Å²) in [5.41, 5.74) is 0.754. The monoisotopic (exact) mass is 307 g/mol. The van der Waals surface area contributed by atoms with Gasteiger partial charge in [0.15, 0.2) is 6.04 Å². The third-order valence-electron chi connectivity index (χ3n) is 4.32. The number of aryl methyl sites for hydroxylation is 1. The van der Waals surface area contributed by atoms with Crippen molar-refractivity contribution in [3.8, 4) is 0 Å². The minimum absolute atomic E-state index is 0.263. The van der Waals surface area contributed by atoms with E-state index in [0.29, 0.717) is 23.5 Å². The van der Waals surface area contributed by atoms with Gasteiger partial charge in [0.05, 0.1) is 0 Å². The first-order chi connectivity index (χ1) is 10.5. The van der Waals surface area contributed by atoms with Gasteiger partial charge in [0, 0.05) is 6.42 Å². The molecule has 0 aromatic heterocycles. The molecular formula is C17H22FNO3. The third kappa shape index (κ3) is 4.29. The Morgan fingerprint density at radius 1 is 1.36 bits per heavy atom. The van der Waals surface area contributed by atoms with E-state index in [4.69, 9.17) is 0 Å². The molecule has 1 unspecified atom stereocenters. The van der Waals surface area contributed by atoms with E-state index in [2.05, 4.69) is 5.32 Å². The smallest absolute Gasteiger partial charge is 0.330 e. The van der Waals surface area contributed by atoms with Crippen molar-refractivity contribution >= 4 is 11.9 Å². The summed E-state index contributed by atoms with van der Waals surface area (Å²) in [7, 11) is 0. The number of carbonyl (C=O) groups excluding carboxylic acids is 1. The molecule has 5 heteroatoms. The van der Waals surface area contributed by atoms with Gasteiger partial charge in [0.1, 0.15) is 5.82 Å². The van der Waals surface area contributed by atoms with Crippen LogP contribution >= 0.6 is 0 Å². The molecule has 0 radical (unpaired) electrons. The zero-order chi connectivity index (χ0) is 16.1. The first-order valence-corrected chi connectivity index (χ1v) is 7.75. The molecule has 1 fully saturated rings. The van der Waals surface area contributed by atoms with E-state index in [0.717, 1.165) is 19.3 Å². The Morgan fingerprint density at radius 3 is 2.64 bits per heavy atom. The molecule has 4 nitrogen and oxygen atoms in total. The van der Waals surface area contributed by atoms with Crippen molar-refractivity contribution in [1.29, 1.82) is 0 Å². The Bertz CT molecular complexity index is 553. The predicted octanol–water partition coefficient (Wildman–Crippen LogP) is 3.35. The molecule has 1 amide bonds. The van der Waals surface area contributed by atoms with Crippen molar-refractivity contribution in [2.75, 3.05) is 0 Å². The van der Waals surface area contributed by atoms with Gasteiger partial charge >= 0.3 is 5.97 Å². The number of aliphatic carboxylic acids is 1. The quantitative estimate of drug-likeness (QED) is 0.847. The number of rotatable bonds is 6. The van der Waals surface area contributed by atoms with Gasteiger partial charge < -0.3 is 10.4 Å². The van der Waals surface area contributed by atoms with Crippen molar-refractivity contribution in [3.05, 3.63) is 35.1 Å². The number of carboxylic acids is 1. The highest BCUT2D eigenvalue weighted by atomic mass is 19.1. The Hall–Kier alpha value is -1.91. The number of halogens is 1. The fourth-order valence-electron chi connectivity index (χ4n) is 3.00. The molecule has 1 aliphatic carbocycles. The van der Waals surface area contributed by atoms with Gasteiger partial charge in [-0.2, -0.15) is 0 Å². The second kappa shape index (κ2) is 7.38. The van der Waals surface area contributed by atoms with E-state index in [1.807, 2.05) is 0 Å². The van der Waals surface area contributed by atoms with Crippen LogP contribution in [0.1, 0.15) is 55.7 Å². The average Bonchev–Trinajstić information content (AvgIpc) is 2.98. The average molecular weight is 307 g/mol. The lowest BCUT2D eigenvalue weighted by Gasteiger charge is -2.16. The molecule has 2 N–H and O–H groups in total. The second-order valence-corrected chi connectivity index (χ2v) is 6.04. The maximum absolute atomic E-state index is 13.3. The highest BCUT2D eigenvalue weighted by molar-refractivity contribution is 5.84. The topological polar surface area (TPSA) is 66.4 Å². The van der Waals surface area contributed by atoms with Gasteiger partial charge in [-0.05, 0) is 36.5 Å². The van der Waals surface area contributed by atoms with E-state index >= 15 is 0 Å². The van der Waals surface area contributed by atoms with Crippen molar-refractivity contribution in [2.24, 2.45) is 5.92 Å². The first kappa shape index (κ1) is 16.5. The number of amides is 1. The van der Waals surface area contributed by atoms with Gasteiger partial charge in [0.25, 0.3) is 0 Å². The summed E-state index contributed by atoms with van der Waals surface area (Å²) < 4.78 is 13.3. The lowest BCUT2D eigenvalue weighted by atomic mass is 10.0. The summed E-state index contributed by atoms with van der Waals surface area (Å²) in [4.78, 5) is 23.4. The normalized spacial score (nSPS) is 16.5. The van der Waals surface area contributed by atoms with Gasteiger partial charge in [0.2, 0.25) is 5.91 Å². The number of carboxylic acid groups (broad SMARTS) is 1. The molecule has 0 aliphatic heterocycles. The number of carbonyl (C=O) groups is 2. The van der Waals surface area contributed by atoms with Crippen LogP contribution in [0, 0.1) is 18.7 Å². The van der Waals surface area contributed by atoms with Gasteiger partial charge in [-0.15, -0.1) is 0 Å². The number of nitrogens with one attached hydrogen (secondary N) is 1. The van der Waals surface area contributed by atoms with Crippen LogP contribution in [0.25, 0.3) is 0 Å². The second-order valence-electron chi connectivity index (χ2n) is 6.04. The Labute approximate surface area is 129 Å². The maximum Gasteiger partial charge on any atom is 0.330 e. The minimum Gasteiger partial charge on any atom is -0.479 e. The van der Waals surface area contributed by atoms with E-state index < -0.39 is 12.0 Å². The molecule has 22 heavy (non-hydrogen) atoms. The molecule has 0 heterocycles. The first-order valence-electron chi connectivity index (χ1n) is 7.75. The molecular weight excluding hydrogens is 285 g/mol. The van der Waals surface area contributed by atoms with Crippen LogP contribution in [0.15, 0.2) is 18.2 Å². The van der Waals surface area contributed by atoms with Crippen molar-refractivity contribution in [2.45, 2.75) is 51.5 Å². The predicted molar refractivity (Wildman–Crippen MR) is 80.8 cm³/mol. The summed E-state index contributed by atoms with van der Waals surface area (Å²) in [6, 6.07) is 2.96. The largest absolute Gasteiger partial charge is 0.479 e. The molecule has 1 aromatic carbocycles. The molecule has 120 valence electrons. The molecule has 2 rings (SSSR count). The number of hydrogen-bond donors (Lipinski definition) is 2. The number of hydrogen-bond acceptors (Lipinski definition) is 2. The van der Waals surface area contributed by atoms with Crippen LogP contribution in [0.4, 0.5) is 4.39 Å². The lowest BCUT2D eigenvalue weighted by molar-refractivity contribution is -0.142. The summed E-state index contributed by atoms with van der Waals surface area (Å²) in [5, 5.41) is 11.8. The van der Waals surface area contributed by atoms with Gasteiger partial charge in [-0.1, -0.05) is 37.8 Å². The molecule has 1 aliphatic rings. The standard InChI is InChI=1S/C17H22FNO3/c1-11-10-13(7-8-14(11)18)16(17(21)22)19-15(20)9-6-12-4-2-3-5-12/h7-8,10,12,16H,2-6,9H2,1H3,(H,19,20)(H,21,22). The van der Waals surface area contributed by atoms with Crippen LogP contribution in [0.3, 0.4) is 0 Å². The van der Waals surface area contributed by atoms with Crippen molar-refractivity contribution in [1.82, 2.24) is 5.32 Å².